The number of carboxylic acid groups (broad SMARTS) is 1. The molecule has 1 N–H and O–H groups in total. The maximum atomic E-state index is 11.6. The molecule has 1 aromatic rings. The highest BCUT2D eigenvalue weighted by Crippen LogP contribution is 2.39. The number of aliphatic carboxylic acids is 1. The minimum Gasteiger partial charge on any atom is -0.480 e. The Kier molecular flexibility index (Phi) is 3.21. The molecule has 0 spiro atoms. The van der Waals surface area contributed by atoms with Crippen LogP contribution in [0.5, 0.6) is 0 Å². The quantitative estimate of drug-likeness (QED) is 0.887. The fourth-order valence-electron chi connectivity index (χ4n) is 3.77. The van der Waals surface area contributed by atoms with Crippen molar-refractivity contribution in [1.29, 1.82) is 0 Å². The third-order valence-corrected chi connectivity index (χ3v) is 4.68. The van der Waals surface area contributed by atoms with Crippen LogP contribution in [0.4, 0.5) is 5.95 Å². The van der Waals surface area contributed by atoms with Gasteiger partial charge in [-0.25, -0.2) is 9.78 Å². The molecule has 2 aliphatic rings. The molecule has 1 aliphatic heterocycles. The summed E-state index contributed by atoms with van der Waals surface area (Å²) in [6, 6.07) is -0.0647. The van der Waals surface area contributed by atoms with E-state index in [9.17, 15) is 9.90 Å². The zero-order chi connectivity index (χ0) is 13.4. The number of carbonyl (C=O) groups is 1. The Hall–Kier alpha value is -1.52. The van der Waals surface area contributed by atoms with Crippen LogP contribution in [0.15, 0.2) is 12.4 Å². The van der Waals surface area contributed by atoms with E-state index in [4.69, 9.17) is 0 Å². The molecule has 5 heteroatoms. The number of aromatic nitrogens is 2. The second-order valence-corrected chi connectivity index (χ2v) is 5.79. The summed E-state index contributed by atoms with van der Waals surface area (Å²) in [7, 11) is 1.94. The van der Waals surface area contributed by atoms with Crippen molar-refractivity contribution in [3.8, 4) is 0 Å². The second kappa shape index (κ2) is 4.87. The summed E-state index contributed by atoms with van der Waals surface area (Å²) in [6.07, 6.45) is 10.2. The highest BCUT2D eigenvalue weighted by atomic mass is 16.4. The van der Waals surface area contributed by atoms with Crippen LogP contribution in [0.2, 0.25) is 0 Å². The van der Waals surface area contributed by atoms with Gasteiger partial charge in [0.05, 0.1) is 0 Å². The van der Waals surface area contributed by atoms with E-state index >= 15 is 0 Å². The molecular formula is C14H21N3O2. The molecule has 3 rings (SSSR count). The Morgan fingerprint density at radius 1 is 1.32 bits per heavy atom. The second-order valence-electron chi connectivity index (χ2n) is 5.79. The SMILES string of the molecule is Cn1ccnc1N1C(C(=O)O)CCC2CCCCC21. The maximum Gasteiger partial charge on any atom is 0.326 e. The standard InChI is InChI=1S/C14H21N3O2/c1-16-9-8-15-14(16)17-11-5-3-2-4-10(11)6-7-12(17)13(18)19/h8-12H,2-7H2,1H3,(H,18,19). The molecule has 0 radical (unpaired) electrons. The van der Waals surface area contributed by atoms with Crippen LogP contribution in [-0.2, 0) is 11.8 Å². The summed E-state index contributed by atoms with van der Waals surface area (Å²) in [5, 5.41) is 9.51. The molecule has 1 saturated heterocycles. The van der Waals surface area contributed by atoms with E-state index in [-0.39, 0.29) is 0 Å². The van der Waals surface area contributed by atoms with Gasteiger partial charge in [-0.05, 0) is 31.6 Å². The molecule has 1 aromatic heterocycles. The van der Waals surface area contributed by atoms with E-state index in [1.807, 2.05) is 17.8 Å². The minimum atomic E-state index is -0.716. The summed E-state index contributed by atoms with van der Waals surface area (Å²) >= 11 is 0. The Morgan fingerprint density at radius 2 is 2.11 bits per heavy atom. The predicted molar refractivity (Wildman–Crippen MR) is 72.1 cm³/mol. The van der Waals surface area contributed by atoms with Crippen LogP contribution in [0.25, 0.3) is 0 Å². The average Bonchev–Trinajstić information content (AvgIpc) is 2.83. The third kappa shape index (κ3) is 2.11. The van der Waals surface area contributed by atoms with E-state index in [2.05, 4.69) is 9.88 Å². The smallest absolute Gasteiger partial charge is 0.326 e. The lowest BCUT2D eigenvalue weighted by Crippen LogP contribution is -2.56. The molecule has 2 fully saturated rings. The summed E-state index contributed by atoms with van der Waals surface area (Å²) in [5.74, 6) is 0.733. The number of nitrogens with zero attached hydrogens (tertiary/aromatic N) is 3. The Morgan fingerprint density at radius 3 is 2.79 bits per heavy atom. The van der Waals surface area contributed by atoms with Crippen molar-refractivity contribution in [2.75, 3.05) is 4.90 Å². The molecule has 3 unspecified atom stereocenters. The zero-order valence-corrected chi connectivity index (χ0v) is 11.3. The summed E-state index contributed by atoms with van der Waals surface area (Å²) < 4.78 is 1.94. The fourth-order valence-corrected chi connectivity index (χ4v) is 3.77. The Balaban J connectivity index is 1.97. The Labute approximate surface area is 113 Å². The number of anilines is 1. The van der Waals surface area contributed by atoms with Gasteiger partial charge in [-0.2, -0.15) is 0 Å². The molecule has 3 atom stereocenters. The normalized spacial score (nSPS) is 31.0. The lowest BCUT2D eigenvalue weighted by atomic mass is 9.76. The first-order valence-electron chi connectivity index (χ1n) is 7.17. The van der Waals surface area contributed by atoms with Gasteiger partial charge in [0.2, 0.25) is 5.95 Å². The topological polar surface area (TPSA) is 58.4 Å². The van der Waals surface area contributed by atoms with Gasteiger partial charge in [-0.3, -0.25) is 0 Å². The van der Waals surface area contributed by atoms with E-state index in [1.165, 1.54) is 19.3 Å². The molecule has 0 bridgehead atoms. The number of imidazole rings is 1. The number of hydrogen-bond acceptors (Lipinski definition) is 3. The van der Waals surface area contributed by atoms with Crippen molar-refractivity contribution < 1.29 is 9.90 Å². The van der Waals surface area contributed by atoms with E-state index in [1.54, 1.807) is 6.20 Å². The van der Waals surface area contributed by atoms with Crippen molar-refractivity contribution in [3.05, 3.63) is 12.4 Å². The van der Waals surface area contributed by atoms with Crippen molar-refractivity contribution in [1.82, 2.24) is 9.55 Å². The highest BCUT2D eigenvalue weighted by Gasteiger charge is 2.42. The van der Waals surface area contributed by atoms with Crippen molar-refractivity contribution >= 4 is 11.9 Å². The van der Waals surface area contributed by atoms with Crippen LogP contribution >= 0.6 is 0 Å². The van der Waals surface area contributed by atoms with Crippen LogP contribution in [0.1, 0.15) is 38.5 Å². The van der Waals surface area contributed by atoms with Gasteiger partial charge in [0, 0.05) is 25.5 Å². The third-order valence-electron chi connectivity index (χ3n) is 4.68. The van der Waals surface area contributed by atoms with Crippen molar-refractivity contribution in [3.63, 3.8) is 0 Å². The molecule has 104 valence electrons. The molecule has 5 nitrogen and oxygen atoms in total. The lowest BCUT2D eigenvalue weighted by molar-refractivity contribution is -0.139. The molecule has 0 amide bonds. The number of aryl methyl sites for hydroxylation is 1. The van der Waals surface area contributed by atoms with E-state index in [0.29, 0.717) is 12.0 Å². The molecule has 19 heavy (non-hydrogen) atoms. The molecule has 0 aromatic carbocycles. The van der Waals surface area contributed by atoms with Crippen LogP contribution < -0.4 is 4.90 Å². The average molecular weight is 263 g/mol. The van der Waals surface area contributed by atoms with E-state index in [0.717, 1.165) is 25.2 Å². The van der Waals surface area contributed by atoms with Crippen LogP contribution in [0.3, 0.4) is 0 Å². The number of piperidine rings is 1. The number of rotatable bonds is 2. The first-order chi connectivity index (χ1) is 9.18. The molecule has 2 heterocycles. The van der Waals surface area contributed by atoms with Crippen molar-refractivity contribution in [2.45, 2.75) is 50.6 Å². The molecule has 1 aliphatic carbocycles. The van der Waals surface area contributed by atoms with Gasteiger partial charge in [0.15, 0.2) is 0 Å². The monoisotopic (exact) mass is 263 g/mol. The summed E-state index contributed by atoms with van der Waals surface area (Å²) in [4.78, 5) is 18.0. The van der Waals surface area contributed by atoms with Gasteiger partial charge < -0.3 is 14.6 Å². The van der Waals surface area contributed by atoms with Gasteiger partial charge >= 0.3 is 5.97 Å². The number of carboxylic acids is 1. The lowest BCUT2D eigenvalue weighted by Gasteiger charge is -2.47. The van der Waals surface area contributed by atoms with Gasteiger partial charge in [0.1, 0.15) is 6.04 Å². The minimum absolute atomic E-state index is 0.352. The van der Waals surface area contributed by atoms with Gasteiger partial charge in [-0.15, -0.1) is 0 Å². The highest BCUT2D eigenvalue weighted by molar-refractivity contribution is 5.78. The number of fused-ring (bicyclic) bond motifs is 1. The van der Waals surface area contributed by atoms with Crippen molar-refractivity contribution in [2.24, 2.45) is 13.0 Å². The summed E-state index contributed by atoms with van der Waals surface area (Å²) in [6.45, 7) is 0. The van der Waals surface area contributed by atoms with E-state index < -0.39 is 12.0 Å². The maximum absolute atomic E-state index is 11.6. The van der Waals surface area contributed by atoms with Gasteiger partial charge in [-0.1, -0.05) is 12.8 Å². The summed E-state index contributed by atoms with van der Waals surface area (Å²) in [5.41, 5.74) is 0. The first-order valence-corrected chi connectivity index (χ1v) is 7.17. The first kappa shape index (κ1) is 12.5. The Bertz CT molecular complexity index is 471. The number of hydrogen-bond donors (Lipinski definition) is 1. The molecule has 1 saturated carbocycles. The fraction of sp³-hybridized carbons (Fsp3) is 0.714. The molecular weight excluding hydrogens is 242 g/mol. The van der Waals surface area contributed by atoms with Crippen LogP contribution in [0, 0.1) is 5.92 Å². The van der Waals surface area contributed by atoms with Crippen LogP contribution in [-0.4, -0.2) is 32.7 Å². The predicted octanol–water partition coefficient (Wildman–Crippen LogP) is 2.03. The van der Waals surface area contributed by atoms with Gasteiger partial charge in [0.25, 0.3) is 0 Å². The zero-order valence-electron chi connectivity index (χ0n) is 11.3. The largest absolute Gasteiger partial charge is 0.480 e.